The van der Waals surface area contributed by atoms with E-state index >= 15 is 0 Å². The van der Waals surface area contributed by atoms with Crippen LogP contribution in [0.2, 0.25) is 0 Å². The van der Waals surface area contributed by atoms with Gasteiger partial charge in [0, 0.05) is 38.2 Å². The Kier molecular flexibility index (Phi) is 5.74. The van der Waals surface area contributed by atoms with Crippen molar-refractivity contribution in [3.8, 4) is 0 Å². The standard InChI is InChI=1S/C20H30FN3O/c1-22(2)13-14-24-16-20(8-7-19(24)25)9-11-23(12-10-20)15-17-5-3-4-6-18(17)21/h3-6H,7-16H2,1-2H3. The van der Waals surface area contributed by atoms with Gasteiger partial charge in [-0.25, -0.2) is 4.39 Å². The molecule has 2 saturated heterocycles. The molecule has 1 amide bonds. The van der Waals surface area contributed by atoms with Gasteiger partial charge in [0.15, 0.2) is 0 Å². The maximum Gasteiger partial charge on any atom is 0.222 e. The Morgan fingerprint density at radius 1 is 1.16 bits per heavy atom. The molecule has 0 aliphatic carbocycles. The number of amides is 1. The minimum Gasteiger partial charge on any atom is -0.341 e. The number of nitrogens with zero attached hydrogens (tertiary/aromatic N) is 3. The predicted molar refractivity (Wildman–Crippen MR) is 97.7 cm³/mol. The van der Waals surface area contributed by atoms with Gasteiger partial charge in [0.25, 0.3) is 0 Å². The summed E-state index contributed by atoms with van der Waals surface area (Å²) in [5.41, 5.74) is 1.05. The van der Waals surface area contributed by atoms with E-state index in [1.807, 2.05) is 26.2 Å². The van der Waals surface area contributed by atoms with Gasteiger partial charge >= 0.3 is 0 Å². The van der Waals surface area contributed by atoms with E-state index in [9.17, 15) is 9.18 Å². The second-order valence-corrected chi connectivity index (χ2v) is 7.99. The Labute approximate surface area is 150 Å². The van der Waals surface area contributed by atoms with E-state index in [1.165, 1.54) is 6.07 Å². The Hall–Kier alpha value is -1.46. The fourth-order valence-corrected chi connectivity index (χ4v) is 4.09. The molecule has 0 aromatic heterocycles. The molecule has 4 nitrogen and oxygen atoms in total. The van der Waals surface area contributed by atoms with Crippen molar-refractivity contribution in [1.82, 2.24) is 14.7 Å². The fraction of sp³-hybridized carbons (Fsp3) is 0.650. The number of likely N-dealkylation sites (N-methyl/N-ethyl adjacent to an activating group) is 1. The van der Waals surface area contributed by atoms with E-state index < -0.39 is 0 Å². The Balaban J connectivity index is 1.55. The summed E-state index contributed by atoms with van der Waals surface area (Å²) in [6.45, 7) is 5.31. The molecule has 0 atom stereocenters. The number of halogens is 1. The summed E-state index contributed by atoms with van der Waals surface area (Å²) < 4.78 is 13.9. The Morgan fingerprint density at radius 2 is 1.88 bits per heavy atom. The number of hydrogen-bond donors (Lipinski definition) is 0. The SMILES string of the molecule is CN(C)CCN1CC2(CCC1=O)CCN(Cc1ccccc1F)CC2. The minimum absolute atomic E-state index is 0.110. The molecular weight excluding hydrogens is 317 g/mol. The van der Waals surface area contributed by atoms with Crippen molar-refractivity contribution in [1.29, 1.82) is 0 Å². The van der Waals surface area contributed by atoms with Crippen LogP contribution in [0, 0.1) is 11.2 Å². The Morgan fingerprint density at radius 3 is 2.56 bits per heavy atom. The third-order valence-electron chi connectivity index (χ3n) is 5.83. The van der Waals surface area contributed by atoms with Crippen molar-refractivity contribution >= 4 is 5.91 Å². The molecule has 2 aliphatic heterocycles. The van der Waals surface area contributed by atoms with E-state index in [0.717, 1.165) is 57.5 Å². The molecule has 2 fully saturated rings. The molecule has 0 radical (unpaired) electrons. The fourth-order valence-electron chi connectivity index (χ4n) is 4.09. The second-order valence-electron chi connectivity index (χ2n) is 7.99. The van der Waals surface area contributed by atoms with Crippen molar-refractivity contribution < 1.29 is 9.18 Å². The minimum atomic E-state index is -0.110. The summed E-state index contributed by atoms with van der Waals surface area (Å²) in [4.78, 5) is 18.8. The van der Waals surface area contributed by atoms with Crippen LogP contribution in [-0.4, -0.2) is 67.4 Å². The lowest BCUT2D eigenvalue weighted by molar-refractivity contribution is -0.139. The zero-order valence-corrected chi connectivity index (χ0v) is 15.5. The van der Waals surface area contributed by atoms with Crippen LogP contribution in [0.1, 0.15) is 31.2 Å². The van der Waals surface area contributed by atoms with Crippen molar-refractivity contribution in [2.45, 2.75) is 32.2 Å². The first kappa shape index (κ1) is 18.3. The van der Waals surface area contributed by atoms with Crippen LogP contribution in [0.5, 0.6) is 0 Å². The number of rotatable bonds is 5. The zero-order chi connectivity index (χ0) is 17.9. The van der Waals surface area contributed by atoms with Gasteiger partial charge in [-0.1, -0.05) is 18.2 Å². The van der Waals surface area contributed by atoms with Crippen molar-refractivity contribution in [2.75, 3.05) is 46.8 Å². The van der Waals surface area contributed by atoms with Gasteiger partial charge in [0.1, 0.15) is 5.82 Å². The van der Waals surface area contributed by atoms with Crippen LogP contribution in [-0.2, 0) is 11.3 Å². The van der Waals surface area contributed by atoms with Crippen LogP contribution in [0.4, 0.5) is 4.39 Å². The van der Waals surface area contributed by atoms with E-state index in [1.54, 1.807) is 6.07 Å². The first-order valence-corrected chi connectivity index (χ1v) is 9.36. The maximum absolute atomic E-state index is 13.9. The van der Waals surface area contributed by atoms with E-state index in [2.05, 4.69) is 14.7 Å². The van der Waals surface area contributed by atoms with E-state index in [0.29, 0.717) is 18.9 Å². The number of piperidine rings is 2. The van der Waals surface area contributed by atoms with Crippen molar-refractivity contribution in [2.24, 2.45) is 5.41 Å². The summed E-state index contributed by atoms with van der Waals surface area (Å²) in [6, 6.07) is 7.06. The van der Waals surface area contributed by atoms with Gasteiger partial charge in [-0.15, -0.1) is 0 Å². The normalized spacial score (nSPS) is 21.3. The molecule has 2 heterocycles. The molecule has 0 N–H and O–H groups in total. The molecule has 0 unspecified atom stereocenters. The molecule has 2 aliphatic rings. The molecule has 5 heteroatoms. The first-order chi connectivity index (χ1) is 12.0. The molecule has 1 aromatic rings. The topological polar surface area (TPSA) is 26.8 Å². The predicted octanol–water partition coefficient (Wildman–Crippen LogP) is 2.59. The lowest BCUT2D eigenvalue weighted by atomic mass is 9.72. The number of hydrogen-bond acceptors (Lipinski definition) is 3. The molecule has 1 spiro atoms. The first-order valence-electron chi connectivity index (χ1n) is 9.36. The largest absolute Gasteiger partial charge is 0.341 e. The van der Waals surface area contributed by atoms with Crippen LogP contribution in [0.3, 0.4) is 0 Å². The summed E-state index contributed by atoms with van der Waals surface area (Å²) >= 11 is 0. The van der Waals surface area contributed by atoms with Crippen LogP contribution < -0.4 is 0 Å². The van der Waals surface area contributed by atoms with Gasteiger partial charge in [0.2, 0.25) is 5.91 Å². The number of benzene rings is 1. The lowest BCUT2D eigenvalue weighted by Gasteiger charge is -2.47. The molecule has 138 valence electrons. The van der Waals surface area contributed by atoms with Crippen LogP contribution >= 0.6 is 0 Å². The van der Waals surface area contributed by atoms with Crippen LogP contribution in [0.15, 0.2) is 24.3 Å². The summed E-state index contributed by atoms with van der Waals surface area (Å²) in [6.07, 6.45) is 3.90. The van der Waals surface area contributed by atoms with Gasteiger partial charge in [-0.05, 0) is 57.9 Å². The lowest BCUT2D eigenvalue weighted by Crippen LogP contribution is -2.52. The molecule has 0 bridgehead atoms. The average Bonchev–Trinajstić information content (AvgIpc) is 2.60. The highest BCUT2D eigenvalue weighted by Crippen LogP contribution is 2.40. The van der Waals surface area contributed by atoms with Crippen molar-refractivity contribution in [3.05, 3.63) is 35.6 Å². The summed E-state index contributed by atoms with van der Waals surface area (Å²) in [7, 11) is 4.09. The number of carbonyl (C=O) groups is 1. The number of carbonyl (C=O) groups excluding carboxylic acids is 1. The molecule has 1 aromatic carbocycles. The summed E-state index contributed by atoms with van der Waals surface area (Å²) in [5.74, 6) is 0.196. The van der Waals surface area contributed by atoms with Gasteiger partial charge in [-0.2, -0.15) is 0 Å². The van der Waals surface area contributed by atoms with Gasteiger partial charge in [-0.3, -0.25) is 9.69 Å². The highest BCUT2D eigenvalue weighted by atomic mass is 19.1. The van der Waals surface area contributed by atoms with Gasteiger partial charge in [0.05, 0.1) is 0 Å². The van der Waals surface area contributed by atoms with Crippen molar-refractivity contribution in [3.63, 3.8) is 0 Å². The smallest absolute Gasteiger partial charge is 0.222 e. The van der Waals surface area contributed by atoms with E-state index in [-0.39, 0.29) is 11.2 Å². The van der Waals surface area contributed by atoms with Crippen LogP contribution in [0.25, 0.3) is 0 Å². The monoisotopic (exact) mass is 347 g/mol. The second kappa shape index (κ2) is 7.83. The van der Waals surface area contributed by atoms with Gasteiger partial charge < -0.3 is 9.80 Å². The summed E-state index contributed by atoms with van der Waals surface area (Å²) in [5, 5.41) is 0. The quantitative estimate of drug-likeness (QED) is 0.819. The third kappa shape index (κ3) is 4.59. The zero-order valence-electron chi connectivity index (χ0n) is 15.5. The molecule has 25 heavy (non-hydrogen) atoms. The molecule has 0 saturated carbocycles. The highest BCUT2D eigenvalue weighted by Gasteiger charge is 2.40. The number of likely N-dealkylation sites (tertiary alicyclic amines) is 2. The maximum atomic E-state index is 13.9. The third-order valence-corrected chi connectivity index (χ3v) is 5.83. The van der Waals surface area contributed by atoms with E-state index in [4.69, 9.17) is 0 Å². The highest BCUT2D eigenvalue weighted by molar-refractivity contribution is 5.77. The molecular formula is C20H30FN3O. The molecule has 3 rings (SSSR count). The average molecular weight is 347 g/mol. The Bertz CT molecular complexity index is 596.